The molecule has 0 radical (unpaired) electrons. The normalized spacial score (nSPS) is 10.6. The number of rotatable bonds is 5. The Morgan fingerprint density at radius 3 is 2.82 bits per heavy atom. The molecule has 2 N–H and O–H groups in total. The minimum absolute atomic E-state index is 0.0964. The van der Waals surface area contributed by atoms with Crippen LogP contribution in [0.3, 0.4) is 0 Å². The number of nitrogens with two attached hydrogens (primary N) is 1. The maximum Gasteiger partial charge on any atom is 0.272 e. The van der Waals surface area contributed by atoms with Crippen molar-refractivity contribution in [1.29, 1.82) is 0 Å². The van der Waals surface area contributed by atoms with E-state index in [4.69, 9.17) is 5.73 Å². The van der Waals surface area contributed by atoms with Crippen molar-refractivity contribution in [2.75, 3.05) is 19.6 Å². The fourth-order valence-electron chi connectivity index (χ4n) is 1.46. The van der Waals surface area contributed by atoms with E-state index in [0.29, 0.717) is 5.56 Å². The topological polar surface area (TPSA) is 59.2 Å². The first kappa shape index (κ1) is 13.5. The second kappa shape index (κ2) is 6.24. The molecule has 0 aliphatic heterocycles. The number of hydrogen-bond donors (Lipinski definition) is 1. The van der Waals surface area contributed by atoms with Crippen molar-refractivity contribution < 1.29 is 13.6 Å². The zero-order valence-corrected chi connectivity index (χ0v) is 9.57. The average Bonchev–Trinajstić information content (AvgIpc) is 2.28. The van der Waals surface area contributed by atoms with Gasteiger partial charge in [0.1, 0.15) is 5.69 Å². The van der Waals surface area contributed by atoms with E-state index in [2.05, 4.69) is 4.98 Å². The van der Waals surface area contributed by atoms with Gasteiger partial charge in [0.15, 0.2) is 0 Å². The van der Waals surface area contributed by atoms with Gasteiger partial charge in [0, 0.05) is 19.3 Å². The van der Waals surface area contributed by atoms with E-state index in [1.165, 1.54) is 6.20 Å². The van der Waals surface area contributed by atoms with Crippen LogP contribution in [0.4, 0.5) is 8.78 Å². The van der Waals surface area contributed by atoms with Gasteiger partial charge in [0.2, 0.25) is 0 Å². The Hall–Kier alpha value is -1.56. The first-order chi connectivity index (χ1) is 8.06. The maximum atomic E-state index is 12.3. The average molecular weight is 243 g/mol. The van der Waals surface area contributed by atoms with E-state index in [1.54, 1.807) is 19.1 Å². The van der Waals surface area contributed by atoms with Gasteiger partial charge in [0.05, 0.1) is 6.54 Å². The number of pyridine rings is 1. The lowest BCUT2D eigenvalue weighted by molar-refractivity contribution is 0.0557. The minimum Gasteiger partial charge on any atom is -0.330 e. The third-order valence-corrected chi connectivity index (χ3v) is 2.26. The number of alkyl halides is 2. The lowest BCUT2D eigenvalue weighted by atomic mass is 10.2. The molecule has 0 saturated carbocycles. The van der Waals surface area contributed by atoms with Crippen molar-refractivity contribution in [3.05, 3.63) is 29.6 Å². The Kier molecular flexibility index (Phi) is 4.96. The molecular formula is C11H15F2N3O. The van der Waals surface area contributed by atoms with Crippen LogP contribution >= 0.6 is 0 Å². The Morgan fingerprint density at radius 1 is 1.59 bits per heavy atom. The molecule has 17 heavy (non-hydrogen) atoms. The number of aromatic nitrogens is 1. The fraction of sp³-hybridized carbons (Fsp3) is 0.455. The molecule has 0 spiro atoms. The zero-order chi connectivity index (χ0) is 12.8. The zero-order valence-electron chi connectivity index (χ0n) is 9.57. The van der Waals surface area contributed by atoms with Crippen molar-refractivity contribution in [2.24, 2.45) is 5.73 Å². The predicted octanol–water partition coefficient (Wildman–Crippen LogP) is 1.06. The molecule has 94 valence electrons. The second-order valence-corrected chi connectivity index (χ2v) is 3.60. The summed E-state index contributed by atoms with van der Waals surface area (Å²) in [5.74, 6) is -0.506. The molecular weight excluding hydrogens is 228 g/mol. The molecule has 0 saturated heterocycles. The van der Waals surface area contributed by atoms with Gasteiger partial charge < -0.3 is 10.6 Å². The van der Waals surface area contributed by atoms with Crippen molar-refractivity contribution >= 4 is 5.91 Å². The summed E-state index contributed by atoms with van der Waals surface area (Å²) < 4.78 is 24.7. The van der Waals surface area contributed by atoms with Gasteiger partial charge in [-0.3, -0.25) is 9.78 Å². The van der Waals surface area contributed by atoms with E-state index < -0.39 is 18.9 Å². The highest BCUT2D eigenvalue weighted by atomic mass is 19.3. The Morgan fingerprint density at radius 2 is 2.29 bits per heavy atom. The van der Waals surface area contributed by atoms with Gasteiger partial charge in [-0.2, -0.15) is 0 Å². The molecule has 0 fully saturated rings. The van der Waals surface area contributed by atoms with Crippen LogP contribution in [-0.4, -0.2) is 41.9 Å². The molecule has 1 aromatic rings. The van der Waals surface area contributed by atoms with Crippen LogP contribution in [-0.2, 0) is 0 Å². The van der Waals surface area contributed by atoms with E-state index in [0.717, 1.165) is 4.90 Å². The quantitative estimate of drug-likeness (QED) is 0.841. The minimum atomic E-state index is -2.57. The summed E-state index contributed by atoms with van der Waals surface area (Å²) >= 11 is 0. The predicted molar refractivity (Wildman–Crippen MR) is 59.9 cm³/mol. The van der Waals surface area contributed by atoms with Crippen LogP contribution in [0.5, 0.6) is 0 Å². The van der Waals surface area contributed by atoms with Crippen molar-refractivity contribution in [3.8, 4) is 0 Å². The van der Waals surface area contributed by atoms with E-state index in [1.807, 2.05) is 0 Å². The highest BCUT2D eigenvalue weighted by molar-refractivity contribution is 5.93. The number of amides is 1. The van der Waals surface area contributed by atoms with E-state index >= 15 is 0 Å². The molecule has 0 aliphatic rings. The summed E-state index contributed by atoms with van der Waals surface area (Å²) in [6.45, 7) is 1.33. The van der Waals surface area contributed by atoms with Crippen LogP contribution < -0.4 is 5.73 Å². The molecule has 0 bridgehead atoms. The SMILES string of the molecule is Cc1cccnc1C(=O)N(CCN)CC(F)F. The number of carbonyl (C=O) groups is 1. The van der Waals surface area contributed by atoms with E-state index in [9.17, 15) is 13.6 Å². The number of nitrogens with zero attached hydrogens (tertiary/aromatic N) is 2. The van der Waals surface area contributed by atoms with Crippen LogP contribution in [0.25, 0.3) is 0 Å². The van der Waals surface area contributed by atoms with Crippen LogP contribution in [0, 0.1) is 6.92 Å². The van der Waals surface area contributed by atoms with Gasteiger partial charge in [-0.1, -0.05) is 6.07 Å². The van der Waals surface area contributed by atoms with Gasteiger partial charge in [-0.05, 0) is 18.6 Å². The smallest absolute Gasteiger partial charge is 0.272 e. The number of aryl methyl sites for hydroxylation is 1. The van der Waals surface area contributed by atoms with Gasteiger partial charge in [-0.25, -0.2) is 8.78 Å². The number of hydrogen-bond acceptors (Lipinski definition) is 3. The van der Waals surface area contributed by atoms with Gasteiger partial charge >= 0.3 is 0 Å². The van der Waals surface area contributed by atoms with Crippen molar-refractivity contribution in [2.45, 2.75) is 13.3 Å². The van der Waals surface area contributed by atoms with Crippen molar-refractivity contribution in [3.63, 3.8) is 0 Å². The van der Waals surface area contributed by atoms with Gasteiger partial charge in [-0.15, -0.1) is 0 Å². The first-order valence-corrected chi connectivity index (χ1v) is 5.25. The van der Waals surface area contributed by atoms with Crippen LogP contribution in [0.2, 0.25) is 0 Å². The lowest BCUT2D eigenvalue weighted by Gasteiger charge is -2.21. The molecule has 1 amide bonds. The van der Waals surface area contributed by atoms with Crippen LogP contribution in [0.1, 0.15) is 16.1 Å². The Balaban J connectivity index is 2.88. The molecule has 6 heteroatoms. The summed E-state index contributed by atoms with van der Waals surface area (Å²) in [5, 5.41) is 0. The molecule has 1 aromatic heterocycles. The Bertz CT molecular complexity index is 385. The second-order valence-electron chi connectivity index (χ2n) is 3.60. The molecule has 1 rings (SSSR count). The number of carbonyl (C=O) groups excluding carboxylic acids is 1. The molecule has 0 aliphatic carbocycles. The lowest BCUT2D eigenvalue weighted by Crippen LogP contribution is -2.39. The maximum absolute atomic E-state index is 12.3. The summed E-state index contributed by atoms with van der Waals surface area (Å²) in [7, 11) is 0. The highest BCUT2D eigenvalue weighted by Gasteiger charge is 2.21. The monoisotopic (exact) mass is 243 g/mol. The molecule has 0 atom stereocenters. The third-order valence-electron chi connectivity index (χ3n) is 2.26. The third kappa shape index (κ3) is 3.74. The summed E-state index contributed by atoms with van der Waals surface area (Å²) in [6.07, 6.45) is -1.11. The van der Waals surface area contributed by atoms with Gasteiger partial charge in [0.25, 0.3) is 12.3 Å². The van der Waals surface area contributed by atoms with E-state index in [-0.39, 0.29) is 18.8 Å². The Labute approximate surface area is 98.4 Å². The van der Waals surface area contributed by atoms with Crippen LogP contribution in [0.15, 0.2) is 18.3 Å². The highest BCUT2D eigenvalue weighted by Crippen LogP contribution is 2.09. The molecule has 1 heterocycles. The standard InChI is InChI=1S/C11H15F2N3O/c1-8-3-2-5-15-10(8)11(17)16(6-4-14)7-9(12)13/h2-3,5,9H,4,6-7,14H2,1H3. The largest absolute Gasteiger partial charge is 0.330 e. The fourth-order valence-corrected chi connectivity index (χ4v) is 1.46. The summed E-state index contributed by atoms with van der Waals surface area (Å²) in [6, 6.07) is 3.40. The summed E-state index contributed by atoms with van der Waals surface area (Å²) in [4.78, 5) is 16.9. The summed E-state index contributed by atoms with van der Waals surface area (Å²) in [5.41, 5.74) is 6.16. The van der Waals surface area contributed by atoms with Crippen molar-refractivity contribution in [1.82, 2.24) is 9.88 Å². The number of halogens is 2. The molecule has 4 nitrogen and oxygen atoms in total. The molecule has 0 unspecified atom stereocenters. The first-order valence-electron chi connectivity index (χ1n) is 5.25. The molecule has 0 aromatic carbocycles.